The SMILES string of the molecule is O=C(O)c1cc(C(=O)C2C3CCc4ccccc4C32)c[nH]1. The summed E-state index contributed by atoms with van der Waals surface area (Å²) in [5, 5.41) is 8.93. The van der Waals surface area contributed by atoms with E-state index in [0.29, 0.717) is 17.4 Å². The maximum atomic E-state index is 12.6. The number of aromatic carboxylic acids is 1. The van der Waals surface area contributed by atoms with Crippen LogP contribution in [0.2, 0.25) is 0 Å². The molecule has 2 aliphatic rings. The topological polar surface area (TPSA) is 70.2 Å². The summed E-state index contributed by atoms with van der Waals surface area (Å²) in [6.45, 7) is 0. The molecule has 3 atom stereocenters. The molecule has 1 heterocycles. The van der Waals surface area contributed by atoms with Crippen LogP contribution in [0.5, 0.6) is 0 Å². The van der Waals surface area contributed by atoms with E-state index in [1.54, 1.807) is 0 Å². The summed E-state index contributed by atoms with van der Waals surface area (Å²) >= 11 is 0. The Hall–Kier alpha value is -2.36. The van der Waals surface area contributed by atoms with Crippen LogP contribution in [0.15, 0.2) is 36.5 Å². The van der Waals surface area contributed by atoms with Gasteiger partial charge in [0.25, 0.3) is 0 Å². The van der Waals surface area contributed by atoms with E-state index in [2.05, 4.69) is 17.1 Å². The van der Waals surface area contributed by atoms with Crippen molar-refractivity contribution in [3.05, 3.63) is 58.9 Å². The molecular formula is C17H15NO3. The molecule has 4 rings (SSSR count). The molecule has 4 nitrogen and oxygen atoms in total. The zero-order chi connectivity index (χ0) is 14.6. The standard InChI is InChI=1S/C17H15NO3/c19-16(10-7-13(17(20)21)18-8-10)15-12-6-5-9-3-1-2-4-11(9)14(12)15/h1-4,7-8,12,14-15,18H,5-6H2,(H,20,21). The van der Waals surface area contributed by atoms with Gasteiger partial charge in [0, 0.05) is 17.7 Å². The minimum Gasteiger partial charge on any atom is -0.477 e. The summed E-state index contributed by atoms with van der Waals surface area (Å²) in [6.07, 6.45) is 3.60. The zero-order valence-electron chi connectivity index (χ0n) is 11.4. The van der Waals surface area contributed by atoms with Crippen LogP contribution in [-0.4, -0.2) is 21.8 Å². The highest BCUT2D eigenvalue weighted by molar-refractivity contribution is 6.02. The number of aryl methyl sites for hydroxylation is 1. The van der Waals surface area contributed by atoms with Crippen LogP contribution in [-0.2, 0) is 6.42 Å². The number of benzene rings is 1. The molecule has 0 bridgehead atoms. The second-order valence-corrected chi connectivity index (χ2v) is 5.92. The predicted octanol–water partition coefficient (Wildman–Crippen LogP) is 2.87. The maximum Gasteiger partial charge on any atom is 0.352 e. The number of carbonyl (C=O) groups excluding carboxylic acids is 1. The highest BCUT2D eigenvalue weighted by atomic mass is 16.4. The monoisotopic (exact) mass is 281 g/mol. The van der Waals surface area contributed by atoms with Gasteiger partial charge < -0.3 is 10.1 Å². The van der Waals surface area contributed by atoms with Crippen LogP contribution in [0.25, 0.3) is 0 Å². The second kappa shape index (κ2) is 4.32. The molecule has 3 unspecified atom stereocenters. The minimum absolute atomic E-state index is 0.0195. The van der Waals surface area contributed by atoms with Crippen molar-refractivity contribution >= 4 is 11.8 Å². The van der Waals surface area contributed by atoms with Crippen molar-refractivity contribution in [2.45, 2.75) is 18.8 Å². The van der Waals surface area contributed by atoms with E-state index in [9.17, 15) is 9.59 Å². The summed E-state index contributed by atoms with van der Waals surface area (Å²) in [6, 6.07) is 9.79. The Labute approximate surface area is 121 Å². The van der Waals surface area contributed by atoms with E-state index in [0.717, 1.165) is 12.8 Å². The number of hydrogen-bond donors (Lipinski definition) is 2. The normalized spacial score (nSPS) is 25.8. The third kappa shape index (κ3) is 1.82. The summed E-state index contributed by atoms with van der Waals surface area (Å²) < 4.78 is 0. The third-order valence-corrected chi connectivity index (χ3v) is 4.83. The Morgan fingerprint density at radius 3 is 2.81 bits per heavy atom. The summed E-state index contributed by atoms with van der Waals surface area (Å²) in [5.41, 5.74) is 3.22. The average molecular weight is 281 g/mol. The van der Waals surface area contributed by atoms with Gasteiger partial charge in [-0.2, -0.15) is 0 Å². The zero-order valence-corrected chi connectivity index (χ0v) is 11.4. The first-order chi connectivity index (χ1) is 10.2. The highest BCUT2D eigenvalue weighted by Gasteiger charge is 2.56. The van der Waals surface area contributed by atoms with E-state index in [1.807, 2.05) is 12.1 Å². The Kier molecular flexibility index (Phi) is 2.55. The van der Waals surface area contributed by atoms with E-state index in [1.165, 1.54) is 23.4 Å². The lowest BCUT2D eigenvalue weighted by Gasteiger charge is -2.13. The van der Waals surface area contributed by atoms with Crippen LogP contribution in [0.3, 0.4) is 0 Å². The van der Waals surface area contributed by atoms with Crippen molar-refractivity contribution in [2.75, 3.05) is 0 Å². The number of carbonyl (C=O) groups is 2. The third-order valence-electron chi connectivity index (χ3n) is 4.83. The van der Waals surface area contributed by atoms with Crippen LogP contribution in [0.1, 0.15) is 44.3 Å². The Balaban J connectivity index is 1.62. The number of carboxylic acid groups (broad SMARTS) is 1. The number of carboxylic acids is 1. The van der Waals surface area contributed by atoms with Gasteiger partial charge in [0.05, 0.1) is 0 Å². The Bertz CT molecular complexity index is 746. The average Bonchev–Trinajstić information content (AvgIpc) is 3.02. The molecule has 4 heteroatoms. The quantitative estimate of drug-likeness (QED) is 0.850. The number of fused-ring (bicyclic) bond motifs is 3. The molecule has 1 saturated carbocycles. The van der Waals surface area contributed by atoms with Crippen LogP contribution < -0.4 is 0 Å². The predicted molar refractivity (Wildman–Crippen MR) is 76.6 cm³/mol. The second-order valence-electron chi connectivity index (χ2n) is 5.92. The molecule has 2 aromatic rings. The molecule has 2 aliphatic carbocycles. The first-order valence-corrected chi connectivity index (χ1v) is 7.20. The van der Waals surface area contributed by atoms with Gasteiger partial charge in [0.15, 0.2) is 5.78 Å². The van der Waals surface area contributed by atoms with Crippen LogP contribution in [0.4, 0.5) is 0 Å². The smallest absolute Gasteiger partial charge is 0.352 e. The Morgan fingerprint density at radius 1 is 1.24 bits per heavy atom. The summed E-state index contributed by atoms with van der Waals surface area (Å²) in [7, 11) is 0. The number of H-pyrrole nitrogens is 1. The van der Waals surface area contributed by atoms with E-state index < -0.39 is 5.97 Å². The van der Waals surface area contributed by atoms with Crippen molar-refractivity contribution in [1.29, 1.82) is 0 Å². The van der Waals surface area contributed by atoms with Crippen LogP contribution in [0, 0.1) is 11.8 Å². The van der Waals surface area contributed by atoms with Gasteiger partial charge >= 0.3 is 5.97 Å². The molecule has 0 amide bonds. The molecule has 0 spiro atoms. The number of rotatable bonds is 3. The largest absolute Gasteiger partial charge is 0.477 e. The van der Waals surface area contributed by atoms with Crippen molar-refractivity contribution in [3.8, 4) is 0 Å². The van der Waals surface area contributed by atoms with E-state index >= 15 is 0 Å². The first-order valence-electron chi connectivity index (χ1n) is 7.20. The molecule has 1 aromatic heterocycles. The summed E-state index contributed by atoms with van der Waals surface area (Å²) in [4.78, 5) is 26.1. The fourth-order valence-electron chi connectivity index (χ4n) is 3.78. The van der Waals surface area contributed by atoms with E-state index in [-0.39, 0.29) is 17.4 Å². The van der Waals surface area contributed by atoms with Crippen molar-refractivity contribution < 1.29 is 14.7 Å². The molecule has 2 N–H and O–H groups in total. The number of hydrogen-bond acceptors (Lipinski definition) is 2. The van der Waals surface area contributed by atoms with Gasteiger partial charge in [0.2, 0.25) is 0 Å². The summed E-state index contributed by atoms with van der Waals surface area (Å²) in [5.74, 6) is -0.189. The lowest BCUT2D eigenvalue weighted by atomic mass is 9.92. The van der Waals surface area contributed by atoms with Crippen molar-refractivity contribution in [2.24, 2.45) is 11.8 Å². The molecule has 21 heavy (non-hydrogen) atoms. The lowest BCUT2D eigenvalue weighted by Crippen LogP contribution is -2.03. The number of aromatic nitrogens is 1. The van der Waals surface area contributed by atoms with Gasteiger partial charge in [-0.25, -0.2) is 4.79 Å². The van der Waals surface area contributed by atoms with Crippen molar-refractivity contribution in [1.82, 2.24) is 4.98 Å². The van der Waals surface area contributed by atoms with Gasteiger partial charge in [-0.15, -0.1) is 0 Å². The molecule has 0 aliphatic heterocycles. The molecule has 106 valence electrons. The fourth-order valence-corrected chi connectivity index (χ4v) is 3.78. The van der Waals surface area contributed by atoms with Gasteiger partial charge in [-0.3, -0.25) is 4.79 Å². The number of aromatic amines is 1. The van der Waals surface area contributed by atoms with Gasteiger partial charge in [-0.1, -0.05) is 24.3 Å². The number of nitrogens with one attached hydrogen (secondary N) is 1. The molecule has 0 saturated heterocycles. The number of Topliss-reactive ketones (excluding diaryl/α,β-unsaturated/α-hetero) is 1. The van der Waals surface area contributed by atoms with E-state index in [4.69, 9.17) is 5.11 Å². The van der Waals surface area contributed by atoms with Gasteiger partial charge in [-0.05, 0) is 41.9 Å². The highest BCUT2D eigenvalue weighted by Crippen LogP contribution is 2.60. The molecule has 0 radical (unpaired) electrons. The fraction of sp³-hybridized carbons (Fsp3) is 0.294. The lowest BCUT2D eigenvalue weighted by molar-refractivity contribution is 0.0691. The molecule has 1 aromatic carbocycles. The first kappa shape index (κ1) is 12.4. The minimum atomic E-state index is -1.03. The van der Waals surface area contributed by atoms with Gasteiger partial charge in [0.1, 0.15) is 5.69 Å². The van der Waals surface area contributed by atoms with Crippen LogP contribution >= 0.6 is 0 Å². The molecule has 1 fully saturated rings. The Morgan fingerprint density at radius 2 is 2.05 bits per heavy atom. The maximum absolute atomic E-state index is 12.6. The molecular weight excluding hydrogens is 266 g/mol. The van der Waals surface area contributed by atoms with Crippen molar-refractivity contribution in [3.63, 3.8) is 0 Å². The number of ketones is 1.